The lowest BCUT2D eigenvalue weighted by molar-refractivity contribution is -0.0317. The topological polar surface area (TPSA) is 9.23 Å². The summed E-state index contributed by atoms with van der Waals surface area (Å²) in [6.07, 6.45) is 3.77. The molecule has 0 heterocycles. The molecule has 2 unspecified atom stereocenters. The van der Waals surface area contributed by atoms with Gasteiger partial charge in [0.25, 0.3) is 6.43 Å². The molecule has 15 heavy (non-hydrogen) atoms. The molecule has 88 valence electrons. The number of allylic oxidation sites excluding steroid dienone is 2. The summed E-state index contributed by atoms with van der Waals surface area (Å²) in [6.45, 7) is 3.79. The Kier molecular flexibility index (Phi) is 5.23. The molecule has 0 bridgehead atoms. The fraction of sp³-hybridized carbons (Fsp3) is 0.833. The highest BCUT2D eigenvalue weighted by Crippen LogP contribution is 2.29. The van der Waals surface area contributed by atoms with Gasteiger partial charge in [0, 0.05) is 0 Å². The summed E-state index contributed by atoms with van der Waals surface area (Å²) in [5, 5.41) is 0. The van der Waals surface area contributed by atoms with Crippen LogP contribution in [0, 0.1) is 5.92 Å². The predicted molar refractivity (Wildman–Crippen MR) is 57.1 cm³/mol. The molecule has 1 fully saturated rings. The molecule has 1 aliphatic carbocycles. The zero-order chi connectivity index (χ0) is 11.3. The monoisotopic (exact) mass is 218 g/mol. The largest absolute Gasteiger partial charge is 0.372 e. The fourth-order valence-electron chi connectivity index (χ4n) is 2.23. The molecule has 0 aromatic rings. The third kappa shape index (κ3) is 4.29. The van der Waals surface area contributed by atoms with Crippen molar-refractivity contribution >= 4 is 0 Å². The minimum absolute atomic E-state index is 0.0199. The average molecular weight is 218 g/mol. The van der Waals surface area contributed by atoms with Crippen LogP contribution >= 0.6 is 0 Å². The molecule has 0 spiro atoms. The van der Waals surface area contributed by atoms with Crippen molar-refractivity contribution in [2.45, 2.75) is 52.1 Å². The Balaban J connectivity index is 2.42. The van der Waals surface area contributed by atoms with Crippen LogP contribution in [-0.4, -0.2) is 19.1 Å². The predicted octanol–water partition coefficient (Wildman–Crippen LogP) is 3.79. The summed E-state index contributed by atoms with van der Waals surface area (Å²) < 4.78 is 29.2. The van der Waals surface area contributed by atoms with Gasteiger partial charge in [0.05, 0.1) is 6.10 Å². The number of ether oxygens (including phenoxy) is 1. The molecule has 1 saturated carbocycles. The summed E-state index contributed by atoms with van der Waals surface area (Å²) in [7, 11) is 0. The van der Waals surface area contributed by atoms with E-state index in [0.717, 1.165) is 25.7 Å². The molecule has 0 N–H and O–H groups in total. The highest BCUT2D eigenvalue weighted by atomic mass is 19.3. The summed E-state index contributed by atoms with van der Waals surface area (Å²) in [5.74, 6) is 0.472. The van der Waals surface area contributed by atoms with Gasteiger partial charge in [-0.25, -0.2) is 8.78 Å². The van der Waals surface area contributed by atoms with Crippen LogP contribution in [0.5, 0.6) is 0 Å². The van der Waals surface area contributed by atoms with E-state index in [1.165, 1.54) is 5.57 Å². The second kappa shape index (κ2) is 6.21. The van der Waals surface area contributed by atoms with E-state index in [4.69, 9.17) is 4.74 Å². The van der Waals surface area contributed by atoms with E-state index in [-0.39, 0.29) is 6.10 Å². The molecule has 2 atom stereocenters. The first kappa shape index (κ1) is 12.6. The fourth-order valence-corrected chi connectivity index (χ4v) is 2.23. The number of alkyl halides is 2. The van der Waals surface area contributed by atoms with Gasteiger partial charge in [-0.2, -0.15) is 0 Å². The van der Waals surface area contributed by atoms with Gasteiger partial charge in [-0.15, -0.1) is 0 Å². The Morgan fingerprint density at radius 3 is 2.87 bits per heavy atom. The van der Waals surface area contributed by atoms with Crippen LogP contribution in [0.2, 0.25) is 0 Å². The molecule has 1 rings (SSSR count). The Morgan fingerprint density at radius 1 is 1.53 bits per heavy atom. The van der Waals surface area contributed by atoms with E-state index in [9.17, 15) is 8.78 Å². The van der Waals surface area contributed by atoms with Gasteiger partial charge in [0.2, 0.25) is 0 Å². The third-order valence-corrected chi connectivity index (χ3v) is 3.07. The molecule has 0 saturated heterocycles. The summed E-state index contributed by atoms with van der Waals surface area (Å²) in [5.41, 5.74) is 1.44. The van der Waals surface area contributed by atoms with Crippen LogP contribution in [0.15, 0.2) is 11.6 Å². The van der Waals surface area contributed by atoms with Gasteiger partial charge in [0.15, 0.2) is 0 Å². The maximum Gasteiger partial charge on any atom is 0.261 e. The van der Waals surface area contributed by atoms with Gasteiger partial charge >= 0.3 is 0 Å². The highest BCUT2D eigenvalue weighted by Gasteiger charge is 2.21. The number of hydrogen-bond donors (Lipinski definition) is 0. The summed E-state index contributed by atoms with van der Waals surface area (Å²) >= 11 is 0. The first-order valence-corrected chi connectivity index (χ1v) is 5.68. The van der Waals surface area contributed by atoms with Crippen molar-refractivity contribution in [2.75, 3.05) is 6.61 Å². The van der Waals surface area contributed by atoms with Gasteiger partial charge in [-0.05, 0) is 38.5 Å². The average Bonchev–Trinajstić information content (AvgIpc) is 2.36. The van der Waals surface area contributed by atoms with E-state index in [1.54, 1.807) is 0 Å². The first-order valence-electron chi connectivity index (χ1n) is 5.68. The molecule has 0 radical (unpaired) electrons. The van der Waals surface area contributed by atoms with E-state index < -0.39 is 13.0 Å². The second-order valence-electron chi connectivity index (χ2n) is 4.24. The van der Waals surface area contributed by atoms with Crippen LogP contribution in [0.3, 0.4) is 0 Å². The minimum atomic E-state index is -2.34. The molecule has 1 aliphatic rings. The first-order chi connectivity index (χ1) is 7.13. The molecule has 0 aromatic carbocycles. The summed E-state index contributed by atoms with van der Waals surface area (Å²) in [6, 6.07) is 0. The maximum atomic E-state index is 12.0. The molecule has 1 nitrogen and oxygen atoms in total. The maximum absolute atomic E-state index is 12.0. The summed E-state index contributed by atoms with van der Waals surface area (Å²) in [4.78, 5) is 0. The van der Waals surface area contributed by atoms with Gasteiger partial charge in [0.1, 0.15) is 6.61 Å². The zero-order valence-corrected chi connectivity index (χ0v) is 9.51. The van der Waals surface area contributed by atoms with E-state index in [2.05, 4.69) is 13.0 Å². The van der Waals surface area contributed by atoms with Crippen LogP contribution < -0.4 is 0 Å². The Hall–Kier alpha value is -0.440. The van der Waals surface area contributed by atoms with E-state index in [0.29, 0.717) is 5.92 Å². The third-order valence-electron chi connectivity index (χ3n) is 3.07. The molecular weight excluding hydrogens is 198 g/mol. The van der Waals surface area contributed by atoms with Crippen molar-refractivity contribution in [2.24, 2.45) is 5.92 Å². The number of rotatable bonds is 3. The van der Waals surface area contributed by atoms with Crippen LogP contribution in [0.4, 0.5) is 8.78 Å². The molecule has 3 heteroatoms. The highest BCUT2D eigenvalue weighted by molar-refractivity contribution is 5.06. The van der Waals surface area contributed by atoms with Crippen LogP contribution in [0.1, 0.15) is 39.5 Å². The lowest BCUT2D eigenvalue weighted by Crippen LogP contribution is -2.18. The van der Waals surface area contributed by atoms with Crippen molar-refractivity contribution in [1.29, 1.82) is 0 Å². The Bertz CT molecular complexity index is 214. The van der Waals surface area contributed by atoms with Crippen molar-refractivity contribution in [3.05, 3.63) is 11.6 Å². The lowest BCUT2D eigenvalue weighted by atomic mass is 9.95. The van der Waals surface area contributed by atoms with Gasteiger partial charge < -0.3 is 4.74 Å². The Morgan fingerprint density at radius 2 is 2.27 bits per heavy atom. The van der Waals surface area contributed by atoms with Crippen molar-refractivity contribution < 1.29 is 13.5 Å². The lowest BCUT2D eigenvalue weighted by Gasteiger charge is -2.18. The smallest absolute Gasteiger partial charge is 0.261 e. The minimum Gasteiger partial charge on any atom is -0.372 e. The normalized spacial score (nSPS) is 30.9. The van der Waals surface area contributed by atoms with E-state index >= 15 is 0 Å². The zero-order valence-electron chi connectivity index (χ0n) is 9.51. The SMILES string of the molecule is C/C=C1/CCCC(OCC(F)F)CC1C. The van der Waals surface area contributed by atoms with Gasteiger partial charge in [-0.3, -0.25) is 0 Å². The number of halogens is 2. The van der Waals surface area contributed by atoms with Crippen molar-refractivity contribution in [3.63, 3.8) is 0 Å². The van der Waals surface area contributed by atoms with Crippen LogP contribution in [-0.2, 0) is 4.74 Å². The molecule has 0 aliphatic heterocycles. The molecule has 0 amide bonds. The standard InChI is InChI=1S/C12H20F2O/c1-3-10-5-4-6-11(7-9(10)2)15-8-12(13)14/h3,9,11-12H,4-8H2,1-2H3/b10-3-. The van der Waals surface area contributed by atoms with Gasteiger partial charge in [-0.1, -0.05) is 18.6 Å². The quantitative estimate of drug-likeness (QED) is 0.517. The van der Waals surface area contributed by atoms with Crippen molar-refractivity contribution in [3.8, 4) is 0 Å². The Labute approximate surface area is 90.5 Å². The number of hydrogen-bond acceptors (Lipinski definition) is 1. The molecular formula is C12H20F2O. The second-order valence-corrected chi connectivity index (χ2v) is 4.24. The van der Waals surface area contributed by atoms with Crippen LogP contribution in [0.25, 0.3) is 0 Å². The van der Waals surface area contributed by atoms with Crippen molar-refractivity contribution in [1.82, 2.24) is 0 Å². The molecule has 0 aromatic heterocycles. The van der Waals surface area contributed by atoms with E-state index in [1.807, 2.05) is 6.92 Å².